The van der Waals surface area contributed by atoms with E-state index in [4.69, 9.17) is 0 Å². The van der Waals surface area contributed by atoms with E-state index in [1.807, 2.05) is 19.9 Å². The average Bonchev–Trinajstić information content (AvgIpc) is 3.69. The van der Waals surface area contributed by atoms with E-state index in [1.54, 1.807) is 29.1 Å². The molecule has 2 aliphatic rings. The first-order chi connectivity index (χ1) is 17.2. The minimum Gasteiger partial charge on any atom is -0.296 e. The first-order valence-electron chi connectivity index (χ1n) is 12.3. The molecular formula is C27H29F2N3O3S. The van der Waals surface area contributed by atoms with Crippen molar-refractivity contribution in [2.45, 2.75) is 69.2 Å². The van der Waals surface area contributed by atoms with Gasteiger partial charge in [-0.15, -0.1) is 0 Å². The molecule has 0 aliphatic heterocycles. The lowest BCUT2D eigenvalue weighted by Gasteiger charge is -2.33. The summed E-state index contributed by atoms with van der Waals surface area (Å²) in [6, 6.07) is 10.6. The molecule has 0 saturated heterocycles. The highest BCUT2D eigenvalue weighted by Crippen LogP contribution is 2.35. The Morgan fingerprint density at radius 1 is 1.11 bits per heavy atom. The second-order valence-electron chi connectivity index (χ2n) is 10.0. The largest absolute Gasteiger partial charge is 0.296 e. The van der Waals surface area contributed by atoms with Crippen LogP contribution in [0.4, 0.5) is 8.78 Å². The number of aryl methyl sites for hydroxylation is 1. The zero-order chi connectivity index (χ0) is 25.6. The molecule has 1 N–H and O–H groups in total. The van der Waals surface area contributed by atoms with Crippen LogP contribution in [0.1, 0.15) is 61.9 Å². The van der Waals surface area contributed by atoms with E-state index >= 15 is 0 Å². The van der Waals surface area contributed by atoms with Gasteiger partial charge in [-0.2, -0.15) is 0 Å². The number of hydrogen-bond donors (Lipinski definition) is 1. The normalized spacial score (nSPS) is 19.9. The third-order valence-electron chi connectivity index (χ3n) is 7.14. The lowest BCUT2D eigenvalue weighted by Crippen LogP contribution is -2.46. The zero-order valence-electron chi connectivity index (χ0n) is 20.2. The molecule has 1 saturated carbocycles. The number of nitrogens with zero attached hydrogens (tertiary/aromatic N) is 2. The van der Waals surface area contributed by atoms with Crippen molar-refractivity contribution < 1.29 is 17.2 Å². The molecule has 0 amide bonds. The molecule has 1 heterocycles. The number of halogens is 2. The Morgan fingerprint density at radius 2 is 1.86 bits per heavy atom. The van der Waals surface area contributed by atoms with Crippen LogP contribution in [0.3, 0.4) is 0 Å². The van der Waals surface area contributed by atoms with Crippen LogP contribution in [-0.4, -0.2) is 29.3 Å². The Labute approximate surface area is 209 Å². The highest BCUT2D eigenvalue weighted by molar-refractivity contribution is 7.90. The van der Waals surface area contributed by atoms with E-state index in [2.05, 4.69) is 9.71 Å². The van der Waals surface area contributed by atoms with Crippen molar-refractivity contribution in [2.75, 3.05) is 0 Å². The highest BCUT2D eigenvalue weighted by Gasteiger charge is 2.41. The molecule has 6 nitrogen and oxygen atoms in total. The summed E-state index contributed by atoms with van der Waals surface area (Å²) in [5.41, 5.74) is 2.52. The molecule has 190 valence electrons. The molecule has 2 aromatic carbocycles. The Hall–Kier alpha value is -2.91. The van der Waals surface area contributed by atoms with Crippen LogP contribution < -0.4 is 10.3 Å². The van der Waals surface area contributed by atoms with Crippen molar-refractivity contribution in [2.24, 2.45) is 0 Å². The fraction of sp³-hybridized carbons (Fsp3) is 0.407. The van der Waals surface area contributed by atoms with Crippen molar-refractivity contribution in [1.82, 2.24) is 14.3 Å². The maximum absolute atomic E-state index is 14.5. The monoisotopic (exact) mass is 513 g/mol. The number of sulfonamides is 1. The first kappa shape index (κ1) is 24.8. The number of hydrogen-bond acceptors (Lipinski definition) is 4. The van der Waals surface area contributed by atoms with Crippen LogP contribution in [0.25, 0.3) is 11.1 Å². The van der Waals surface area contributed by atoms with Crippen molar-refractivity contribution in [3.8, 4) is 11.1 Å². The molecule has 0 unspecified atom stereocenters. The fourth-order valence-electron chi connectivity index (χ4n) is 5.07. The van der Waals surface area contributed by atoms with Crippen molar-refractivity contribution in [3.05, 3.63) is 87.6 Å². The summed E-state index contributed by atoms with van der Waals surface area (Å²) in [5, 5.41) is -0.375. The van der Waals surface area contributed by atoms with Gasteiger partial charge in [0.15, 0.2) is 11.6 Å². The van der Waals surface area contributed by atoms with Gasteiger partial charge in [-0.3, -0.25) is 9.36 Å². The van der Waals surface area contributed by atoms with Gasteiger partial charge in [0, 0.05) is 29.1 Å². The second-order valence-corrected chi connectivity index (χ2v) is 12.0. The third kappa shape index (κ3) is 4.74. The molecule has 0 spiro atoms. The SMILES string of the molecule is CC(C)n1cnc2c(c1=O)[C@@H](Cc1cccc(-c3cccc(F)c3F)c1)[C@@H](NS(=O)(=O)C1CC1)CC2. The molecule has 0 bridgehead atoms. The molecule has 1 fully saturated rings. The smallest absolute Gasteiger partial charge is 0.257 e. The van der Waals surface area contributed by atoms with Crippen LogP contribution in [0.5, 0.6) is 0 Å². The maximum Gasteiger partial charge on any atom is 0.257 e. The quantitative estimate of drug-likeness (QED) is 0.505. The van der Waals surface area contributed by atoms with Gasteiger partial charge in [0.25, 0.3) is 5.56 Å². The van der Waals surface area contributed by atoms with Gasteiger partial charge in [-0.25, -0.2) is 26.9 Å². The highest BCUT2D eigenvalue weighted by atomic mass is 32.2. The van der Waals surface area contributed by atoms with Gasteiger partial charge in [0.05, 0.1) is 17.3 Å². The maximum atomic E-state index is 14.5. The fourth-order valence-corrected chi connectivity index (χ4v) is 6.72. The molecule has 2 atom stereocenters. The molecule has 3 aromatic rings. The van der Waals surface area contributed by atoms with Crippen LogP contribution in [0.15, 0.2) is 53.6 Å². The van der Waals surface area contributed by atoms with Gasteiger partial charge in [-0.1, -0.05) is 36.4 Å². The molecule has 0 radical (unpaired) electrons. The van der Waals surface area contributed by atoms with Crippen molar-refractivity contribution in [3.63, 3.8) is 0 Å². The summed E-state index contributed by atoms with van der Waals surface area (Å²) in [7, 11) is -3.49. The Bertz CT molecular complexity index is 1470. The predicted molar refractivity (Wildman–Crippen MR) is 134 cm³/mol. The summed E-state index contributed by atoms with van der Waals surface area (Å²) < 4.78 is 58.5. The average molecular weight is 514 g/mol. The summed E-state index contributed by atoms with van der Waals surface area (Å²) >= 11 is 0. The van der Waals surface area contributed by atoms with Gasteiger partial charge in [0.1, 0.15) is 0 Å². The Kier molecular flexibility index (Phi) is 6.55. The van der Waals surface area contributed by atoms with E-state index in [0.29, 0.717) is 48.9 Å². The molecular weight excluding hydrogens is 484 g/mol. The van der Waals surface area contributed by atoms with Crippen LogP contribution >= 0.6 is 0 Å². The lowest BCUT2D eigenvalue weighted by molar-refractivity contribution is 0.412. The third-order valence-corrected chi connectivity index (χ3v) is 9.12. The van der Waals surface area contributed by atoms with Crippen LogP contribution in [-0.2, 0) is 22.9 Å². The zero-order valence-corrected chi connectivity index (χ0v) is 21.1. The number of aromatic nitrogens is 2. The minimum atomic E-state index is -3.49. The van der Waals surface area contributed by atoms with Crippen LogP contribution in [0, 0.1) is 11.6 Å². The lowest BCUT2D eigenvalue weighted by atomic mass is 9.78. The van der Waals surface area contributed by atoms with Crippen molar-refractivity contribution in [1.29, 1.82) is 0 Å². The summed E-state index contributed by atoms with van der Waals surface area (Å²) in [4.78, 5) is 18.1. The van der Waals surface area contributed by atoms with E-state index in [0.717, 1.165) is 11.6 Å². The summed E-state index contributed by atoms with van der Waals surface area (Å²) in [5.74, 6) is -2.29. The molecule has 5 rings (SSSR count). The number of fused-ring (bicyclic) bond motifs is 1. The molecule has 9 heteroatoms. The summed E-state index contributed by atoms with van der Waals surface area (Å²) in [6.07, 6.45) is 4.24. The van der Waals surface area contributed by atoms with Gasteiger partial charge < -0.3 is 0 Å². The van der Waals surface area contributed by atoms with E-state index < -0.39 is 33.6 Å². The van der Waals surface area contributed by atoms with E-state index in [9.17, 15) is 22.0 Å². The number of nitrogens with one attached hydrogen (secondary N) is 1. The van der Waals surface area contributed by atoms with E-state index in [-0.39, 0.29) is 22.4 Å². The number of benzene rings is 2. The Morgan fingerprint density at radius 3 is 2.58 bits per heavy atom. The first-order valence-corrected chi connectivity index (χ1v) is 13.8. The van der Waals surface area contributed by atoms with Gasteiger partial charge >= 0.3 is 0 Å². The molecule has 36 heavy (non-hydrogen) atoms. The topological polar surface area (TPSA) is 81.1 Å². The standard InChI is InChI=1S/C27H29F2N3O3S/c1-16(2)32-15-30-24-12-11-23(31-36(34,35)19-9-10-19)21(25(24)27(32)33)14-17-5-3-6-18(13-17)20-7-4-8-22(28)26(20)29/h3-8,13,15-16,19,21,23,31H,9-12,14H2,1-2H3/t21-,23-/m0/s1. The molecule has 1 aromatic heterocycles. The predicted octanol–water partition coefficient (Wildman–Crippen LogP) is 4.49. The number of rotatable bonds is 7. The minimum absolute atomic E-state index is 0.0984. The Balaban J connectivity index is 1.56. The van der Waals surface area contributed by atoms with Gasteiger partial charge in [0.2, 0.25) is 10.0 Å². The van der Waals surface area contributed by atoms with Crippen molar-refractivity contribution >= 4 is 10.0 Å². The van der Waals surface area contributed by atoms with Crippen LogP contribution in [0.2, 0.25) is 0 Å². The van der Waals surface area contributed by atoms with Gasteiger partial charge in [-0.05, 0) is 63.1 Å². The molecule has 2 aliphatic carbocycles. The second kappa shape index (κ2) is 9.52. The summed E-state index contributed by atoms with van der Waals surface area (Å²) in [6.45, 7) is 3.80. The van der Waals surface area contributed by atoms with E-state index in [1.165, 1.54) is 12.1 Å².